The van der Waals surface area contributed by atoms with Gasteiger partial charge in [-0.1, -0.05) is 236 Å². The Morgan fingerprint density at radius 3 is 1.35 bits per heavy atom. The minimum absolute atomic E-state index is 0.0935. The number of anilines is 2. The number of benzene rings is 7. The molecule has 0 bridgehead atoms. The second kappa shape index (κ2) is 32.8. The minimum atomic E-state index is -3.54. The molecular weight excluding hydrogens is 1240 g/mol. The predicted octanol–water partition coefficient (Wildman–Crippen LogP) is 15.0. The molecule has 8 aromatic rings. The fraction of sp³-hybridized carbons (Fsp3) is 0.324. The second-order valence-electron chi connectivity index (χ2n) is 21.9. The first-order valence-electron chi connectivity index (χ1n) is 28.8. The molecule has 1 aliphatic carbocycles. The second-order valence-corrected chi connectivity index (χ2v) is 36.6. The molecule has 0 unspecified atom stereocenters. The third-order valence-electron chi connectivity index (χ3n) is 15.7. The topological polar surface area (TPSA) is 108 Å². The Labute approximate surface area is 516 Å². The van der Waals surface area contributed by atoms with Crippen molar-refractivity contribution in [2.24, 2.45) is 0 Å². The molecule has 2 aliphatic rings. The summed E-state index contributed by atoms with van der Waals surface area (Å²) in [6.45, 7) is 18.1. The SMILES string of the molecule is CC(C)[Si](OCCCS(=O)(=O)C1(c2cc(N3CCOC[C@@H]3C)nc(-c3ccc(N)cc3)n2)CCCC1)(C(C)C)C(C)C.[Cl][Pd][Cl].c1ccc(P(c2ccccc2)c2ccccc2)cc1.c1ccc(P(c2ccccc2)c2ccccc2)cc1. The van der Waals surface area contributed by atoms with Crippen molar-refractivity contribution >= 4 is 96.4 Å². The van der Waals surface area contributed by atoms with E-state index in [0.717, 1.165) is 24.2 Å². The summed E-state index contributed by atoms with van der Waals surface area (Å²) >= 11 is -0.106. The fourth-order valence-corrected chi connectivity index (χ4v) is 24.2. The fourth-order valence-electron chi connectivity index (χ4n) is 11.9. The zero-order chi connectivity index (χ0) is 59.2. The number of sulfone groups is 1. The zero-order valence-electron chi connectivity index (χ0n) is 49.0. The first-order valence-corrected chi connectivity index (χ1v) is 39.3. The number of nitrogens with two attached hydrogens (primary N) is 1. The Bertz CT molecular complexity index is 2930. The first kappa shape index (κ1) is 65.9. The minimum Gasteiger partial charge on any atom is -0.0622 e. The van der Waals surface area contributed by atoms with Crippen LogP contribution in [0.25, 0.3) is 11.4 Å². The van der Waals surface area contributed by atoms with Crippen LogP contribution in [0, 0.1) is 0 Å². The summed E-state index contributed by atoms with van der Waals surface area (Å²) in [5.41, 5.74) is 9.45. The van der Waals surface area contributed by atoms with Crippen LogP contribution in [0.4, 0.5) is 11.5 Å². The molecule has 0 amide bonds. The summed E-state index contributed by atoms with van der Waals surface area (Å²) in [7, 11) is 3.14. The molecule has 15 heteroatoms. The van der Waals surface area contributed by atoms with Gasteiger partial charge < -0.3 is 19.8 Å². The molecule has 1 aromatic heterocycles. The van der Waals surface area contributed by atoms with E-state index in [0.29, 0.717) is 79.5 Å². The summed E-state index contributed by atoms with van der Waals surface area (Å²) in [6, 6.07) is 74.2. The van der Waals surface area contributed by atoms with E-state index in [2.05, 4.69) is 235 Å². The van der Waals surface area contributed by atoms with Gasteiger partial charge in [-0.25, -0.2) is 18.4 Å². The third-order valence-corrected chi connectivity index (χ3v) is 29.4. The molecule has 1 aliphatic heterocycles. The van der Waals surface area contributed by atoms with E-state index in [1.165, 1.54) is 31.8 Å². The number of morpholine rings is 1. The molecule has 2 N–H and O–H groups in total. The van der Waals surface area contributed by atoms with Crippen molar-refractivity contribution in [2.75, 3.05) is 42.8 Å². The van der Waals surface area contributed by atoms with Gasteiger partial charge in [-0.15, -0.1) is 0 Å². The molecule has 0 spiro atoms. The van der Waals surface area contributed by atoms with Crippen LogP contribution in [-0.4, -0.2) is 64.9 Å². The average Bonchev–Trinajstić information content (AvgIpc) is 4.19. The summed E-state index contributed by atoms with van der Waals surface area (Å²) in [5.74, 6) is 1.39. The Balaban J connectivity index is 0.000000198. The van der Waals surface area contributed by atoms with E-state index < -0.39 is 38.7 Å². The van der Waals surface area contributed by atoms with Gasteiger partial charge in [0.15, 0.2) is 24.0 Å². The van der Waals surface area contributed by atoms with Crippen LogP contribution in [0.1, 0.15) is 86.3 Å². The number of hydrogen-bond donors (Lipinski definition) is 1. The molecule has 1 saturated carbocycles. The normalized spacial score (nSPS) is 15.1. The molecule has 2 heterocycles. The third kappa shape index (κ3) is 17.3. The molecular formula is C68H82Cl2N4O4P2PdSSi. The maximum Gasteiger partial charge on any atom is -0.0134 e. The summed E-state index contributed by atoms with van der Waals surface area (Å²) in [5, 5.41) is 8.39. The van der Waals surface area contributed by atoms with Crippen LogP contribution in [0.2, 0.25) is 16.6 Å². The number of ether oxygens (including phenoxy) is 1. The van der Waals surface area contributed by atoms with Gasteiger partial charge in [0, 0.05) is 30.5 Å². The van der Waals surface area contributed by atoms with E-state index in [1.807, 2.05) is 30.3 Å². The summed E-state index contributed by atoms with van der Waals surface area (Å²) in [4.78, 5) is 12.2. The zero-order valence-corrected chi connectivity index (χ0v) is 55.7. The van der Waals surface area contributed by atoms with Gasteiger partial charge in [-0.05, 0) is 115 Å². The smallest absolute Gasteiger partial charge is 0.0134 e. The van der Waals surface area contributed by atoms with Crippen LogP contribution in [0.15, 0.2) is 212 Å². The van der Waals surface area contributed by atoms with E-state index in [1.54, 1.807) is 0 Å². The standard InChI is InChI=1S/C32H52N4O4SSi.2C18H15P.2ClH.Pd/c1-23(2)42(24(3)4,25(5)6)40-18-10-20-41(37,38)32(15-8-9-16-32)29-21-30(36-17-19-39-22-26(36)7)35-31(34-29)27-11-13-28(33)14-12-27;2*1-4-10-16(11-5-1)19(17-12-6-2-7-13-17)18-14-8-3-9-15-18;;;/h11-14,21,23-26H,8-10,15-20,22,33H2,1-7H3;2*1-15H;2*1H;/q;;;;;+2/p-2/t26-;;;;;/m0...../s1. The van der Waals surface area contributed by atoms with Crippen LogP contribution >= 0.6 is 34.9 Å². The quantitative estimate of drug-likeness (QED) is 0.0392. The van der Waals surface area contributed by atoms with Crippen LogP contribution < -0.4 is 42.5 Å². The molecule has 7 aromatic carbocycles. The number of hydrogen-bond acceptors (Lipinski definition) is 8. The van der Waals surface area contributed by atoms with Crippen molar-refractivity contribution < 1.29 is 33.5 Å². The molecule has 83 heavy (non-hydrogen) atoms. The van der Waals surface area contributed by atoms with Crippen LogP contribution in [-0.2, 0) is 39.7 Å². The Morgan fingerprint density at radius 2 is 1.00 bits per heavy atom. The first-order chi connectivity index (χ1) is 40.1. The van der Waals surface area contributed by atoms with Gasteiger partial charge in [-0.3, -0.25) is 0 Å². The summed E-state index contributed by atoms with van der Waals surface area (Å²) in [6.07, 6.45) is 3.38. The summed E-state index contributed by atoms with van der Waals surface area (Å²) < 4.78 is 40.1. The van der Waals surface area contributed by atoms with Gasteiger partial charge in [-0.2, -0.15) is 0 Å². The molecule has 1 saturated heterocycles. The van der Waals surface area contributed by atoms with Crippen molar-refractivity contribution in [1.29, 1.82) is 0 Å². The Kier molecular flexibility index (Phi) is 26.0. The van der Waals surface area contributed by atoms with Crippen molar-refractivity contribution in [1.82, 2.24) is 9.97 Å². The molecule has 10 rings (SSSR count). The largest absolute Gasteiger partial charge is 0.0622 e. The van der Waals surface area contributed by atoms with Crippen molar-refractivity contribution in [2.45, 2.75) is 108 Å². The number of halogens is 2. The van der Waals surface area contributed by atoms with Crippen LogP contribution in [0.3, 0.4) is 0 Å². The molecule has 1 atom stereocenters. The number of aromatic nitrogens is 2. The Hall–Kier alpha value is -4.59. The van der Waals surface area contributed by atoms with E-state index >= 15 is 0 Å². The number of nitrogens with zero attached hydrogens (tertiary/aromatic N) is 3. The maximum atomic E-state index is 14.4. The molecule has 0 radical (unpaired) electrons. The van der Waals surface area contributed by atoms with Gasteiger partial charge in [0.25, 0.3) is 0 Å². The van der Waals surface area contributed by atoms with Gasteiger partial charge >= 0.3 is 35.0 Å². The van der Waals surface area contributed by atoms with Gasteiger partial charge in [0.05, 0.1) is 30.7 Å². The van der Waals surface area contributed by atoms with Gasteiger partial charge in [0.2, 0.25) is 0 Å². The average molecular weight is 1320 g/mol. The van der Waals surface area contributed by atoms with Crippen molar-refractivity contribution in [3.8, 4) is 11.4 Å². The molecule has 442 valence electrons. The molecule has 2 fully saturated rings. The van der Waals surface area contributed by atoms with Crippen molar-refractivity contribution in [3.05, 3.63) is 218 Å². The molecule has 8 nitrogen and oxygen atoms in total. The van der Waals surface area contributed by atoms with Gasteiger partial charge in [0.1, 0.15) is 10.6 Å². The number of rotatable bonds is 18. The Morgan fingerprint density at radius 1 is 0.627 bits per heavy atom. The van der Waals surface area contributed by atoms with E-state index in [9.17, 15) is 8.42 Å². The van der Waals surface area contributed by atoms with E-state index in [-0.39, 0.29) is 27.7 Å². The predicted molar refractivity (Wildman–Crippen MR) is 357 cm³/mol. The van der Waals surface area contributed by atoms with Crippen LogP contribution in [0.5, 0.6) is 0 Å². The van der Waals surface area contributed by atoms with E-state index in [4.69, 9.17) is 43.9 Å². The van der Waals surface area contributed by atoms with Crippen molar-refractivity contribution in [3.63, 3.8) is 0 Å². The maximum absolute atomic E-state index is 14.4. The monoisotopic (exact) mass is 1320 g/mol. The number of nitrogen functional groups attached to an aromatic ring is 1.